The van der Waals surface area contributed by atoms with E-state index in [0.717, 1.165) is 23.3 Å². The fourth-order valence-electron chi connectivity index (χ4n) is 2.18. The molecular formula is C17H20BrNO. The smallest absolute Gasteiger partial charge is 0.133 e. The van der Waals surface area contributed by atoms with E-state index in [1.807, 2.05) is 6.07 Å². The zero-order valence-electron chi connectivity index (χ0n) is 12.2. The summed E-state index contributed by atoms with van der Waals surface area (Å²) in [7, 11) is 3.82. The van der Waals surface area contributed by atoms with Crippen LogP contribution in [0.15, 0.2) is 46.9 Å². The fourth-order valence-corrected chi connectivity index (χ4v) is 2.77. The van der Waals surface area contributed by atoms with Crippen molar-refractivity contribution in [3.63, 3.8) is 0 Å². The van der Waals surface area contributed by atoms with Gasteiger partial charge in [0.25, 0.3) is 0 Å². The van der Waals surface area contributed by atoms with Crippen molar-refractivity contribution in [2.24, 2.45) is 0 Å². The van der Waals surface area contributed by atoms with Crippen LogP contribution in [0.25, 0.3) is 0 Å². The highest BCUT2D eigenvalue weighted by atomic mass is 79.9. The Morgan fingerprint density at radius 2 is 1.60 bits per heavy atom. The molecule has 0 atom stereocenters. The number of hydrogen-bond donors (Lipinski definition) is 0. The van der Waals surface area contributed by atoms with Crippen LogP contribution in [0.3, 0.4) is 0 Å². The number of benzene rings is 2. The molecule has 0 amide bonds. The zero-order chi connectivity index (χ0) is 14.5. The summed E-state index contributed by atoms with van der Waals surface area (Å²) in [6.07, 6.45) is 0. The highest BCUT2D eigenvalue weighted by Gasteiger charge is 2.05. The van der Waals surface area contributed by atoms with Gasteiger partial charge in [-0.25, -0.2) is 0 Å². The summed E-state index contributed by atoms with van der Waals surface area (Å²) in [5, 5.41) is 0. The van der Waals surface area contributed by atoms with E-state index in [1.165, 1.54) is 16.7 Å². The van der Waals surface area contributed by atoms with Gasteiger partial charge in [0.05, 0.1) is 11.6 Å². The maximum absolute atomic E-state index is 5.25. The van der Waals surface area contributed by atoms with Gasteiger partial charge >= 0.3 is 0 Å². The first-order valence-corrected chi connectivity index (χ1v) is 7.44. The van der Waals surface area contributed by atoms with E-state index in [-0.39, 0.29) is 0 Å². The van der Waals surface area contributed by atoms with Crippen LogP contribution in [0.5, 0.6) is 5.75 Å². The summed E-state index contributed by atoms with van der Waals surface area (Å²) in [4.78, 5) is 2.30. The van der Waals surface area contributed by atoms with Crippen molar-refractivity contribution in [2.45, 2.75) is 20.0 Å². The predicted molar refractivity (Wildman–Crippen MR) is 87.0 cm³/mol. The van der Waals surface area contributed by atoms with Crippen LogP contribution in [0.2, 0.25) is 0 Å². The normalized spacial score (nSPS) is 10.8. The molecule has 3 heteroatoms. The van der Waals surface area contributed by atoms with Gasteiger partial charge in [0.15, 0.2) is 0 Å². The van der Waals surface area contributed by atoms with Crippen LogP contribution in [0.1, 0.15) is 16.7 Å². The second-order valence-corrected chi connectivity index (χ2v) is 5.98. The highest BCUT2D eigenvalue weighted by Crippen LogP contribution is 2.26. The largest absolute Gasteiger partial charge is 0.496 e. The molecular weight excluding hydrogens is 314 g/mol. The third-order valence-electron chi connectivity index (χ3n) is 3.24. The Hall–Kier alpha value is -1.32. The number of hydrogen-bond acceptors (Lipinski definition) is 2. The van der Waals surface area contributed by atoms with Crippen molar-refractivity contribution in [3.05, 3.63) is 63.6 Å². The van der Waals surface area contributed by atoms with E-state index in [9.17, 15) is 0 Å². The lowest BCUT2D eigenvalue weighted by molar-refractivity contribution is 0.318. The average Bonchev–Trinajstić information content (AvgIpc) is 2.41. The number of halogens is 1. The maximum Gasteiger partial charge on any atom is 0.133 e. The molecule has 106 valence electrons. The second-order valence-electron chi connectivity index (χ2n) is 5.13. The van der Waals surface area contributed by atoms with Crippen LogP contribution in [-0.2, 0) is 13.1 Å². The third-order valence-corrected chi connectivity index (χ3v) is 3.86. The van der Waals surface area contributed by atoms with Crippen molar-refractivity contribution >= 4 is 15.9 Å². The molecule has 0 bridgehead atoms. The van der Waals surface area contributed by atoms with Crippen molar-refractivity contribution in [1.29, 1.82) is 0 Å². The second kappa shape index (κ2) is 6.91. The Morgan fingerprint density at radius 3 is 2.20 bits per heavy atom. The Kier molecular flexibility index (Phi) is 5.21. The molecule has 0 N–H and O–H groups in total. The molecule has 0 radical (unpaired) electrons. The quantitative estimate of drug-likeness (QED) is 0.804. The lowest BCUT2D eigenvalue weighted by Crippen LogP contribution is -2.17. The molecule has 0 fully saturated rings. The number of aryl methyl sites for hydroxylation is 1. The van der Waals surface area contributed by atoms with Crippen molar-refractivity contribution in [1.82, 2.24) is 4.90 Å². The molecule has 0 spiro atoms. The molecule has 0 aliphatic rings. The summed E-state index contributed by atoms with van der Waals surface area (Å²) in [5.74, 6) is 0.870. The van der Waals surface area contributed by atoms with Gasteiger partial charge in [0, 0.05) is 13.1 Å². The Bertz CT molecular complexity index is 566. The molecule has 0 saturated carbocycles. The zero-order valence-corrected chi connectivity index (χ0v) is 13.8. The van der Waals surface area contributed by atoms with Crippen LogP contribution >= 0.6 is 15.9 Å². The molecule has 20 heavy (non-hydrogen) atoms. The summed E-state index contributed by atoms with van der Waals surface area (Å²) in [5.41, 5.74) is 3.91. The van der Waals surface area contributed by atoms with E-state index >= 15 is 0 Å². The summed E-state index contributed by atoms with van der Waals surface area (Å²) in [6.45, 7) is 3.97. The first-order valence-electron chi connectivity index (χ1n) is 6.65. The van der Waals surface area contributed by atoms with Gasteiger partial charge in [-0.3, -0.25) is 4.90 Å². The van der Waals surface area contributed by atoms with Gasteiger partial charge in [-0.15, -0.1) is 0 Å². The standard InChI is InChI=1S/C17H20BrNO/c1-13-4-6-14(7-5-13)11-19(2)12-15-8-9-17(20-3)16(18)10-15/h4-10H,11-12H2,1-3H3. The Balaban J connectivity index is 1.99. The van der Waals surface area contributed by atoms with E-state index in [0.29, 0.717) is 0 Å². The number of methoxy groups -OCH3 is 1. The number of rotatable bonds is 5. The van der Waals surface area contributed by atoms with Gasteiger partial charge in [-0.05, 0) is 53.2 Å². The highest BCUT2D eigenvalue weighted by molar-refractivity contribution is 9.10. The van der Waals surface area contributed by atoms with Crippen molar-refractivity contribution in [3.8, 4) is 5.75 Å². The van der Waals surface area contributed by atoms with Gasteiger partial charge in [-0.2, -0.15) is 0 Å². The molecule has 0 heterocycles. The molecule has 2 rings (SSSR count). The van der Waals surface area contributed by atoms with Crippen molar-refractivity contribution < 1.29 is 4.74 Å². The number of nitrogens with zero attached hydrogens (tertiary/aromatic N) is 1. The maximum atomic E-state index is 5.25. The lowest BCUT2D eigenvalue weighted by Gasteiger charge is -2.17. The first-order chi connectivity index (χ1) is 9.58. The van der Waals surface area contributed by atoms with Gasteiger partial charge in [0.1, 0.15) is 5.75 Å². The summed E-state index contributed by atoms with van der Waals surface area (Å²) < 4.78 is 6.25. The molecule has 2 aromatic carbocycles. The van der Waals surface area contributed by atoms with Crippen LogP contribution in [0.4, 0.5) is 0 Å². The van der Waals surface area contributed by atoms with Crippen LogP contribution in [-0.4, -0.2) is 19.1 Å². The monoisotopic (exact) mass is 333 g/mol. The van der Waals surface area contributed by atoms with Gasteiger partial charge in [-0.1, -0.05) is 35.9 Å². The van der Waals surface area contributed by atoms with Crippen molar-refractivity contribution in [2.75, 3.05) is 14.2 Å². The average molecular weight is 334 g/mol. The minimum Gasteiger partial charge on any atom is -0.496 e. The third kappa shape index (κ3) is 4.09. The topological polar surface area (TPSA) is 12.5 Å². The lowest BCUT2D eigenvalue weighted by atomic mass is 10.1. The summed E-state index contributed by atoms with van der Waals surface area (Å²) in [6, 6.07) is 14.9. The first kappa shape index (κ1) is 15.1. The SMILES string of the molecule is COc1ccc(CN(C)Cc2ccc(C)cc2)cc1Br. The fraction of sp³-hybridized carbons (Fsp3) is 0.294. The molecule has 0 saturated heterocycles. The minimum absolute atomic E-state index is 0.870. The van der Waals surface area contributed by atoms with E-state index in [1.54, 1.807) is 7.11 Å². The van der Waals surface area contributed by atoms with E-state index in [2.05, 4.69) is 71.2 Å². The van der Waals surface area contributed by atoms with Crippen LogP contribution in [0, 0.1) is 6.92 Å². The molecule has 2 nitrogen and oxygen atoms in total. The van der Waals surface area contributed by atoms with E-state index in [4.69, 9.17) is 4.74 Å². The molecule has 2 aromatic rings. The molecule has 0 aromatic heterocycles. The van der Waals surface area contributed by atoms with Crippen LogP contribution < -0.4 is 4.74 Å². The van der Waals surface area contributed by atoms with E-state index < -0.39 is 0 Å². The molecule has 0 aliphatic heterocycles. The Morgan fingerprint density at radius 1 is 1.00 bits per heavy atom. The summed E-state index contributed by atoms with van der Waals surface area (Å²) >= 11 is 3.53. The predicted octanol–water partition coefficient (Wildman–Crippen LogP) is 4.40. The number of ether oxygens (including phenoxy) is 1. The Labute approximate surface area is 129 Å². The molecule has 0 unspecified atom stereocenters. The van der Waals surface area contributed by atoms with Gasteiger partial charge < -0.3 is 4.74 Å². The minimum atomic E-state index is 0.870. The van der Waals surface area contributed by atoms with Gasteiger partial charge in [0.2, 0.25) is 0 Å². The molecule has 0 aliphatic carbocycles.